The molecule has 0 bridgehead atoms. The van der Waals surface area contributed by atoms with Crippen LogP contribution in [0.15, 0.2) is 35.2 Å². The number of carbonyl (C=O) groups excluding carboxylic acids is 1. The maximum atomic E-state index is 13.3. The minimum absolute atomic E-state index is 0.0579. The molecule has 0 heterocycles. The summed E-state index contributed by atoms with van der Waals surface area (Å²) in [4.78, 5) is 12.8. The minimum atomic E-state index is -3.76. The van der Waals surface area contributed by atoms with Gasteiger partial charge in [0.25, 0.3) is 5.91 Å². The molecule has 0 saturated heterocycles. The summed E-state index contributed by atoms with van der Waals surface area (Å²) in [6.45, 7) is 4.87. The first-order valence-corrected chi connectivity index (χ1v) is 12.5. The van der Waals surface area contributed by atoms with Gasteiger partial charge in [0.05, 0.1) is 27.7 Å². The molecule has 0 aliphatic rings. The lowest BCUT2D eigenvalue weighted by Gasteiger charge is -2.22. The Morgan fingerprint density at radius 1 is 1.06 bits per heavy atom. The first-order valence-electron chi connectivity index (χ1n) is 10.3. The molecule has 1 amide bonds. The van der Waals surface area contributed by atoms with E-state index in [0.29, 0.717) is 18.8 Å². The van der Waals surface area contributed by atoms with Crippen molar-refractivity contribution in [1.82, 2.24) is 4.31 Å². The zero-order chi connectivity index (χ0) is 23.9. The summed E-state index contributed by atoms with van der Waals surface area (Å²) in [6.07, 6.45) is 3.26. The number of nitrogens with zero attached hydrogens (tertiary/aromatic N) is 1. The number of phenolic OH excluding ortho intramolecular Hbond substituents is 1. The number of hydrogen-bond donors (Lipinski definition) is 2. The van der Waals surface area contributed by atoms with Crippen molar-refractivity contribution in [3.8, 4) is 11.5 Å². The van der Waals surface area contributed by atoms with Crippen LogP contribution in [-0.2, 0) is 10.0 Å². The fourth-order valence-electron chi connectivity index (χ4n) is 3.01. The van der Waals surface area contributed by atoms with E-state index in [1.54, 1.807) is 0 Å². The summed E-state index contributed by atoms with van der Waals surface area (Å²) in [7, 11) is -2.34. The maximum absolute atomic E-state index is 13.3. The first-order chi connectivity index (χ1) is 15.1. The van der Waals surface area contributed by atoms with E-state index in [9.17, 15) is 18.3 Å². The van der Waals surface area contributed by atoms with E-state index in [1.807, 2.05) is 13.8 Å². The zero-order valence-corrected chi connectivity index (χ0v) is 20.6. The standard InChI is InChI=1S/C22H28Cl2N2O5S/c1-4-6-10-26(11-7-5-2)32(29,30)16-8-9-20(31-3)19(14-16)25-22(28)15-12-17(23)21(27)18(24)13-15/h8-9,12-14,27H,4-7,10-11H2,1-3H3,(H,25,28). The van der Waals surface area contributed by atoms with Crippen molar-refractivity contribution in [2.24, 2.45) is 0 Å². The summed E-state index contributed by atoms with van der Waals surface area (Å²) in [5.74, 6) is -0.618. The lowest BCUT2D eigenvalue weighted by molar-refractivity contribution is 0.102. The molecule has 2 aromatic carbocycles. The monoisotopic (exact) mass is 502 g/mol. The number of aromatic hydroxyl groups is 1. The van der Waals surface area contributed by atoms with E-state index in [0.717, 1.165) is 25.7 Å². The molecule has 10 heteroatoms. The second kappa shape index (κ2) is 11.7. The van der Waals surface area contributed by atoms with Crippen molar-refractivity contribution in [2.75, 3.05) is 25.5 Å². The number of benzene rings is 2. The Kier molecular flexibility index (Phi) is 9.64. The van der Waals surface area contributed by atoms with Crippen molar-refractivity contribution in [2.45, 2.75) is 44.4 Å². The SMILES string of the molecule is CCCCN(CCCC)S(=O)(=O)c1ccc(OC)c(NC(=O)c2cc(Cl)c(O)c(Cl)c2)c1. The molecule has 0 aliphatic heterocycles. The van der Waals surface area contributed by atoms with Crippen LogP contribution < -0.4 is 10.1 Å². The maximum Gasteiger partial charge on any atom is 0.255 e. The van der Waals surface area contributed by atoms with E-state index in [-0.39, 0.29) is 31.9 Å². The minimum Gasteiger partial charge on any atom is -0.505 e. The first kappa shape index (κ1) is 26.3. The molecule has 0 atom stereocenters. The molecule has 32 heavy (non-hydrogen) atoms. The van der Waals surface area contributed by atoms with Gasteiger partial charge in [-0.05, 0) is 43.2 Å². The van der Waals surface area contributed by atoms with Crippen LogP contribution >= 0.6 is 23.2 Å². The van der Waals surface area contributed by atoms with Crippen LogP contribution in [0.25, 0.3) is 0 Å². The number of sulfonamides is 1. The number of amides is 1. The fraction of sp³-hybridized carbons (Fsp3) is 0.409. The Morgan fingerprint density at radius 3 is 2.12 bits per heavy atom. The summed E-state index contributed by atoms with van der Waals surface area (Å²) < 4.78 is 33.3. The molecule has 2 aromatic rings. The number of halogens is 2. The van der Waals surface area contributed by atoms with Gasteiger partial charge < -0.3 is 15.2 Å². The summed E-state index contributed by atoms with van der Waals surface area (Å²) >= 11 is 11.8. The van der Waals surface area contributed by atoms with Crippen LogP contribution in [0.3, 0.4) is 0 Å². The smallest absolute Gasteiger partial charge is 0.255 e. The highest BCUT2D eigenvalue weighted by atomic mass is 35.5. The average molecular weight is 503 g/mol. The van der Waals surface area contributed by atoms with E-state index >= 15 is 0 Å². The quantitative estimate of drug-likeness (QED) is 0.419. The van der Waals surface area contributed by atoms with Crippen LogP contribution in [0.1, 0.15) is 49.9 Å². The van der Waals surface area contributed by atoms with Gasteiger partial charge in [0, 0.05) is 18.7 Å². The summed E-state index contributed by atoms with van der Waals surface area (Å²) in [5, 5.41) is 12.2. The van der Waals surface area contributed by atoms with Crippen molar-refractivity contribution in [1.29, 1.82) is 0 Å². The molecule has 0 aromatic heterocycles. The average Bonchev–Trinajstić information content (AvgIpc) is 2.76. The fourth-order valence-corrected chi connectivity index (χ4v) is 5.04. The second-order valence-electron chi connectivity index (χ2n) is 7.22. The Bertz CT molecular complexity index is 1030. The number of methoxy groups -OCH3 is 1. The molecule has 0 fully saturated rings. The third kappa shape index (κ3) is 6.28. The van der Waals surface area contributed by atoms with Gasteiger partial charge in [0.15, 0.2) is 5.75 Å². The van der Waals surface area contributed by atoms with Gasteiger partial charge in [0.2, 0.25) is 10.0 Å². The molecule has 0 spiro atoms. The second-order valence-corrected chi connectivity index (χ2v) is 9.97. The molecule has 0 saturated carbocycles. The van der Waals surface area contributed by atoms with E-state index in [4.69, 9.17) is 27.9 Å². The molecule has 7 nitrogen and oxygen atoms in total. The van der Waals surface area contributed by atoms with E-state index in [1.165, 1.54) is 41.7 Å². The van der Waals surface area contributed by atoms with Crippen molar-refractivity contribution in [3.63, 3.8) is 0 Å². The number of nitrogens with one attached hydrogen (secondary N) is 1. The van der Waals surface area contributed by atoms with Crippen molar-refractivity contribution >= 4 is 44.8 Å². The molecule has 2 rings (SSSR count). The number of carbonyl (C=O) groups is 1. The van der Waals surface area contributed by atoms with Gasteiger partial charge in [0.1, 0.15) is 5.75 Å². The highest BCUT2D eigenvalue weighted by Crippen LogP contribution is 2.34. The Hall–Kier alpha value is -2.00. The molecule has 176 valence electrons. The molecule has 0 unspecified atom stereocenters. The van der Waals surface area contributed by atoms with Gasteiger partial charge >= 0.3 is 0 Å². The highest BCUT2D eigenvalue weighted by molar-refractivity contribution is 7.89. The van der Waals surface area contributed by atoms with E-state index in [2.05, 4.69) is 5.32 Å². The molecular weight excluding hydrogens is 475 g/mol. The summed E-state index contributed by atoms with van der Waals surface area (Å²) in [5.41, 5.74) is 0.283. The Labute approximate surface area is 199 Å². The van der Waals surface area contributed by atoms with Crippen LogP contribution in [-0.4, -0.2) is 43.9 Å². The van der Waals surface area contributed by atoms with Crippen LogP contribution in [0.4, 0.5) is 5.69 Å². The lowest BCUT2D eigenvalue weighted by atomic mass is 10.2. The largest absolute Gasteiger partial charge is 0.505 e. The molecule has 0 aliphatic carbocycles. The number of ether oxygens (including phenoxy) is 1. The summed E-state index contributed by atoms with van der Waals surface area (Å²) in [6, 6.07) is 6.87. The normalized spacial score (nSPS) is 11.6. The van der Waals surface area contributed by atoms with Crippen molar-refractivity contribution < 1.29 is 23.1 Å². The molecular formula is C22H28Cl2N2O5S. The number of rotatable bonds is 11. The molecule has 0 radical (unpaired) electrons. The van der Waals surface area contributed by atoms with E-state index < -0.39 is 15.9 Å². The van der Waals surface area contributed by atoms with Gasteiger partial charge in [-0.3, -0.25) is 4.79 Å². The third-order valence-electron chi connectivity index (χ3n) is 4.86. The lowest BCUT2D eigenvalue weighted by Crippen LogP contribution is -2.33. The number of anilines is 1. The van der Waals surface area contributed by atoms with Gasteiger partial charge in [-0.1, -0.05) is 49.9 Å². The van der Waals surface area contributed by atoms with Crippen LogP contribution in [0.5, 0.6) is 11.5 Å². The van der Waals surface area contributed by atoms with Gasteiger partial charge in [-0.15, -0.1) is 0 Å². The number of unbranched alkanes of at least 4 members (excludes halogenated alkanes) is 2. The van der Waals surface area contributed by atoms with Gasteiger partial charge in [-0.25, -0.2) is 8.42 Å². The predicted octanol–water partition coefficient (Wildman–Crippen LogP) is 5.55. The zero-order valence-electron chi connectivity index (χ0n) is 18.3. The predicted molar refractivity (Wildman–Crippen MR) is 128 cm³/mol. The number of hydrogen-bond acceptors (Lipinski definition) is 5. The molecule has 2 N–H and O–H groups in total. The Balaban J connectivity index is 2.40. The van der Waals surface area contributed by atoms with Crippen LogP contribution in [0, 0.1) is 0 Å². The Morgan fingerprint density at radius 2 is 1.62 bits per heavy atom. The van der Waals surface area contributed by atoms with Crippen LogP contribution in [0.2, 0.25) is 10.0 Å². The van der Waals surface area contributed by atoms with Crippen molar-refractivity contribution in [3.05, 3.63) is 45.9 Å². The third-order valence-corrected chi connectivity index (χ3v) is 7.33. The topological polar surface area (TPSA) is 95.9 Å². The highest BCUT2D eigenvalue weighted by Gasteiger charge is 2.25. The van der Waals surface area contributed by atoms with Gasteiger partial charge in [-0.2, -0.15) is 4.31 Å². The number of phenols is 1.